The number of carbonyl (C=O) groups is 1. The second-order valence-corrected chi connectivity index (χ2v) is 9.59. The summed E-state index contributed by atoms with van der Waals surface area (Å²) in [6.07, 6.45) is 3.52. The summed E-state index contributed by atoms with van der Waals surface area (Å²) < 4.78 is 15.7. The van der Waals surface area contributed by atoms with Crippen LogP contribution in [0.25, 0.3) is 22.3 Å². The molecule has 2 N–H and O–H groups in total. The van der Waals surface area contributed by atoms with Gasteiger partial charge in [-0.25, -0.2) is 14.5 Å². The van der Waals surface area contributed by atoms with Crippen LogP contribution in [-0.4, -0.2) is 44.0 Å². The number of halogens is 1. The van der Waals surface area contributed by atoms with Crippen molar-refractivity contribution in [2.24, 2.45) is 13.0 Å². The van der Waals surface area contributed by atoms with Crippen LogP contribution < -0.4 is 10.5 Å². The van der Waals surface area contributed by atoms with Gasteiger partial charge in [0.05, 0.1) is 47.8 Å². The Hall–Kier alpha value is -3.40. The van der Waals surface area contributed by atoms with Crippen LogP contribution in [-0.2, 0) is 18.3 Å². The molecule has 9 nitrogen and oxygen atoms in total. The lowest BCUT2D eigenvalue weighted by Gasteiger charge is -2.15. The summed E-state index contributed by atoms with van der Waals surface area (Å²) in [6.45, 7) is 5.35. The van der Waals surface area contributed by atoms with Gasteiger partial charge in [-0.2, -0.15) is 5.10 Å². The van der Waals surface area contributed by atoms with Gasteiger partial charge in [0, 0.05) is 23.8 Å². The molecule has 0 spiro atoms. The van der Waals surface area contributed by atoms with Crippen molar-refractivity contribution in [1.29, 1.82) is 0 Å². The fraction of sp³-hybridized carbons (Fsp3) is 0.360. The Balaban J connectivity index is 1.39. The van der Waals surface area contributed by atoms with Gasteiger partial charge in [-0.1, -0.05) is 22.9 Å². The molecule has 0 saturated carbocycles. The van der Waals surface area contributed by atoms with Crippen molar-refractivity contribution in [2.45, 2.75) is 33.2 Å². The number of fused-ring (bicyclic) bond motifs is 1. The molecule has 10 heteroatoms. The van der Waals surface area contributed by atoms with E-state index in [-0.39, 0.29) is 0 Å². The van der Waals surface area contributed by atoms with E-state index in [0.29, 0.717) is 41.3 Å². The van der Waals surface area contributed by atoms with E-state index in [1.165, 1.54) is 7.11 Å². The second-order valence-electron chi connectivity index (χ2n) is 8.67. The number of hydrogen-bond acceptors (Lipinski definition) is 7. The molecule has 3 heterocycles. The van der Waals surface area contributed by atoms with Crippen LogP contribution in [0, 0.1) is 12.8 Å². The number of aromatic nitrogens is 5. The third kappa shape index (κ3) is 5.48. The first-order chi connectivity index (χ1) is 16.8. The molecule has 0 fully saturated rings. The van der Waals surface area contributed by atoms with E-state index in [1.54, 1.807) is 23.0 Å². The molecule has 184 valence electrons. The largest absolute Gasteiger partial charge is 0.477 e. The highest BCUT2D eigenvalue weighted by molar-refractivity contribution is 9.10. The molecule has 0 aliphatic heterocycles. The summed E-state index contributed by atoms with van der Waals surface area (Å²) in [5.74, 6) is 1.12. The van der Waals surface area contributed by atoms with Gasteiger partial charge in [0.15, 0.2) is 0 Å². The summed E-state index contributed by atoms with van der Waals surface area (Å²) in [5.41, 5.74) is 10.6. The predicted octanol–water partition coefficient (Wildman–Crippen LogP) is 4.77. The number of nitrogen functional groups attached to an aromatic ring is 1. The number of anilines is 1. The molecular weight excluding hydrogens is 512 g/mol. The topological polar surface area (TPSA) is 110 Å². The van der Waals surface area contributed by atoms with Crippen LogP contribution in [0.1, 0.15) is 35.8 Å². The van der Waals surface area contributed by atoms with Gasteiger partial charge in [0.2, 0.25) is 11.8 Å². The maximum absolute atomic E-state index is 12.0. The van der Waals surface area contributed by atoms with E-state index in [2.05, 4.69) is 42.5 Å². The van der Waals surface area contributed by atoms with Crippen LogP contribution in [0.15, 0.2) is 41.0 Å². The highest BCUT2D eigenvalue weighted by atomic mass is 79.9. The third-order valence-electron chi connectivity index (χ3n) is 5.85. The molecule has 0 bridgehead atoms. The van der Waals surface area contributed by atoms with E-state index in [0.717, 1.165) is 40.5 Å². The zero-order chi connectivity index (χ0) is 25.1. The first-order valence-electron chi connectivity index (χ1n) is 11.4. The number of ether oxygens (including phenoxy) is 2. The van der Waals surface area contributed by atoms with E-state index >= 15 is 0 Å². The van der Waals surface area contributed by atoms with Crippen molar-refractivity contribution in [1.82, 2.24) is 24.3 Å². The second kappa shape index (κ2) is 10.5. The number of hydrogen-bond donors (Lipinski definition) is 1. The summed E-state index contributed by atoms with van der Waals surface area (Å²) in [4.78, 5) is 21.1. The molecule has 0 saturated heterocycles. The number of carbonyl (C=O) groups excluding carboxylic acids is 1. The van der Waals surface area contributed by atoms with E-state index in [9.17, 15) is 4.79 Å². The fourth-order valence-corrected chi connectivity index (χ4v) is 4.48. The number of imidazole rings is 1. The number of aryl methyl sites for hydroxylation is 2. The van der Waals surface area contributed by atoms with Gasteiger partial charge in [-0.3, -0.25) is 4.98 Å². The van der Waals surface area contributed by atoms with Crippen LogP contribution in [0.2, 0.25) is 0 Å². The quantitative estimate of drug-likeness (QED) is 0.240. The van der Waals surface area contributed by atoms with Crippen LogP contribution in [0.4, 0.5) is 5.95 Å². The monoisotopic (exact) mass is 540 g/mol. The summed E-state index contributed by atoms with van der Waals surface area (Å²) in [6, 6.07) is 9.41. The Morgan fingerprint density at radius 2 is 2.03 bits per heavy atom. The van der Waals surface area contributed by atoms with Crippen LogP contribution in [0.3, 0.4) is 0 Å². The molecule has 0 unspecified atom stereocenters. The van der Waals surface area contributed by atoms with Crippen molar-refractivity contribution >= 4 is 38.9 Å². The van der Waals surface area contributed by atoms with Gasteiger partial charge < -0.3 is 19.8 Å². The number of benzene rings is 1. The lowest BCUT2D eigenvalue weighted by Crippen LogP contribution is -2.12. The molecule has 1 aromatic carbocycles. The van der Waals surface area contributed by atoms with Gasteiger partial charge in [-0.05, 0) is 56.0 Å². The van der Waals surface area contributed by atoms with Gasteiger partial charge in [0.1, 0.15) is 0 Å². The molecule has 0 aliphatic carbocycles. The summed E-state index contributed by atoms with van der Waals surface area (Å²) in [7, 11) is 3.18. The molecule has 1 atom stereocenters. The number of pyridine rings is 1. The van der Waals surface area contributed by atoms with Gasteiger partial charge in [-0.15, -0.1) is 0 Å². The predicted molar refractivity (Wildman–Crippen MR) is 138 cm³/mol. The molecule has 0 aliphatic rings. The Morgan fingerprint density at radius 3 is 2.80 bits per heavy atom. The van der Waals surface area contributed by atoms with Crippen molar-refractivity contribution < 1.29 is 14.3 Å². The molecule has 4 aromatic rings. The van der Waals surface area contributed by atoms with Crippen molar-refractivity contribution in [3.63, 3.8) is 0 Å². The molecule has 35 heavy (non-hydrogen) atoms. The average Bonchev–Trinajstić information content (AvgIpc) is 3.34. The average molecular weight is 541 g/mol. The van der Waals surface area contributed by atoms with Gasteiger partial charge >= 0.3 is 5.97 Å². The first kappa shape index (κ1) is 24.7. The Kier molecular flexibility index (Phi) is 7.39. The van der Waals surface area contributed by atoms with Crippen molar-refractivity contribution in [3.8, 4) is 17.1 Å². The van der Waals surface area contributed by atoms with Crippen molar-refractivity contribution in [3.05, 3.63) is 52.3 Å². The molecule has 0 amide bonds. The highest BCUT2D eigenvalue weighted by Crippen LogP contribution is 2.30. The zero-order valence-corrected chi connectivity index (χ0v) is 21.9. The smallest absolute Gasteiger partial charge is 0.337 e. The molecule has 3 aromatic heterocycles. The molecule has 4 rings (SSSR count). The maximum Gasteiger partial charge on any atom is 0.337 e. The zero-order valence-electron chi connectivity index (χ0n) is 20.3. The number of nitrogens with two attached hydrogens (primary N) is 1. The molecule has 0 radical (unpaired) electrons. The number of methoxy groups -OCH3 is 1. The number of esters is 1. The highest BCUT2D eigenvalue weighted by Gasteiger charge is 2.17. The minimum atomic E-state index is -0.406. The lowest BCUT2D eigenvalue weighted by molar-refractivity contribution is 0.0600. The number of rotatable bonds is 9. The summed E-state index contributed by atoms with van der Waals surface area (Å²) in [5, 5.41) is 4.33. The summed E-state index contributed by atoms with van der Waals surface area (Å²) >= 11 is 3.48. The van der Waals surface area contributed by atoms with Gasteiger partial charge in [0.25, 0.3) is 0 Å². The minimum Gasteiger partial charge on any atom is -0.477 e. The number of nitrogens with zero attached hydrogens (tertiary/aromatic N) is 5. The normalized spacial score (nSPS) is 12.1. The fourth-order valence-electron chi connectivity index (χ4n) is 4.13. The Bertz CT molecular complexity index is 1360. The minimum absolute atomic E-state index is 0.383. The van der Waals surface area contributed by atoms with Crippen LogP contribution in [0.5, 0.6) is 5.88 Å². The third-order valence-corrected chi connectivity index (χ3v) is 6.34. The maximum atomic E-state index is 12.0. The standard InChI is InChI=1S/C25H29BrN6O3/c1-15(14-32-22-8-7-18(26)12-21(22)30-25(32)27)6-5-9-35-23-19(13-28-31(23)3)20-11-17(24(33)34-4)10-16(2)29-20/h7-8,10-13,15H,5-6,9,14H2,1-4H3,(H2,27,30)/t15-/m1/s1. The lowest BCUT2D eigenvalue weighted by atomic mass is 10.1. The van der Waals surface area contributed by atoms with E-state index in [4.69, 9.17) is 15.2 Å². The molecular formula is C25H29BrN6O3. The Morgan fingerprint density at radius 1 is 1.23 bits per heavy atom. The van der Waals surface area contributed by atoms with E-state index in [1.807, 2.05) is 32.2 Å². The van der Waals surface area contributed by atoms with E-state index < -0.39 is 5.97 Å². The van der Waals surface area contributed by atoms with Crippen LogP contribution >= 0.6 is 15.9 Å². The van der Waals surface area contributed by atoms with Crippen molar-refractivity contribution in [2.75, 3.05) is 19.5 Å². The Labute approximate surface area is 212 Å². The SMILES string of the molecule is COC(=O)c1cc(C)nc(-c2cnn(C)c2OCCC[C@@H](C)Cn2c(N)nc3cc(Br)ccc32)c1. The first-order valence-corrected chi connectivity index (χ1v) is 12.2.